The molecule has 0 spiro atoms. The molecule has 118 valence electrons. The number of nitrogens with two attached hydrogens (primary N) is 1. The molecule has 2 rings (SSSR count). The molecular weight excluding hydrogens is 269 g/mol. The van der Waals surface area contributed by atoms with Crippen LogP contribution in [0.1, 0.15) is 32.3 Å². The molecule has 3 N–H and O–H groups in total. The zero-order chi connectivity index (χ0) is 15.5. The van der Waals surface area contributed by atoms with Crippen molar-refractivity contribution in [2.75, 3.05) is 20.2 Å². The summed E-state index contributed by atoms with van der Waals surface area (Å²) in [5.74, 6) is 5.75. The van der Waals surface area contributed by atoms with Gasteiger partial charge in [-0.25, -0.2) is 4.39 Å². The predicted octanol–water partition coefficient (Wildman–Crippen LogP) is 2.08. The molecule has 0 saturated carbocycles. The fourth-order valence-electron chi connectivity index (χ4n) is 3.12. The maximum Gasteiger partial charge on any atom is 0.168 e. The van der Waals surface area contributed by atoms with Crippen LogP contribution in [-0.2, 0) is 6.42 Å². The first-order valence-corrected chi connectivity index (χ1v) is 7.53. The van der Waals surface area contributed by atoms with Crippen LogP contribution < -0.4 is 16.0 Å². The maximum absolute atomic E-state index is 14.3. The molecule has 0 aromatic heterocycles. The van der Waals surface area contributed by atoms with E-state index in [1.807, 2.05) is 6.07 Å². The highest BCUT2D eigenvalue weighted by atomic mass is 19.1. The van der Waals surface area contributed by atoms with Crippen LogP contribution in [0.4, 0.5) is 4.39 Å². The Morgan fingerprint density at radius 3 is 2.62 bits per heavy atom. The normalized spacial score (nSPS) is 18.0. The zero-order valence-electron chi connectivity index (χ0n) is 13.2. The van der Waals surface area contributed by atoms with Crippen molar-refractivity contribution in [1.29, 1.82) is 0 Å². The maximum atomic E-state index is 14.3. The summed E-state index contributed by atoms with van der Waals surface area (Å²) in [7, 11) is 1.48. The molecule has 1 aliphatic heterocycles. The third-order valence-electron chi connectivity index (χ3n) is 4.66. The minimum Gasteiger partial charge on any atom is -0.494 e. The summed E-state index contributed by atoms with van der Waals surface area (Å²) in [6.07, 6.45) is 2.96. The molecule has 1 aliphatic rings. The van der Waals surface area contributed by atoms with E-state index >= 15 is 0 Å². The van der Waals surface area contributed by atoms with E-state index in [4.69, 9.17) is 10.6 Å². The van der Waals surface area contributed by atoms with Crippen molar-refractivity contribution in [2.24, 2.45) is 5.84 Å². The Hall–Kier alpha value is -1.17. The van der Waals surface area contributed by atoms with E-state index in [2.05, 4.69) is 24.2 Å². The largest absolute Gasteiger partial charge is 0.494 e. The number of hydrogen-bond donors (Lipinski definition) is 2. The van der Waals surface area contributed by atoms with Crippen molar-refractivity contribution < 1.29 is 9.13 Å². The van der Waals surface area contributed by atoms with E-state index in [9.17, 15) is 4.39 Å². The van der Waals surface area contributed by atoms with Crippen molar-refractivity contribution in [2.45, 2.75) is 44.7 Å². The molecule has 0 aliphatic carbocycles. The van der Waals surface area contributed by atoms with Crippen LogP contribution >= 0.6 is 0 Å². The van der Waals surface area contributed by atoms with Gasteiger partial charge >= 0.3 is 0 Å². The number of hydrazine groups is 1. The lowest BCUT2D eigenvalue weighted by Gasteiger charge is -2.42. The highest BCUT2D eigenvalue weighted by Crippen LogP contribution is 2.28. The monoisotopic (exact) mass is 295 g/mol. The molecule has 1 unspecified atom stereocenters. The molecule has 1 heterocycles. The van der Waals surface area contributed by atoms with Gasteiger partial charge in [-0.05, 0) is 57.8 Å². The van der Waals surface area contributed by atoms with Gasteiger partial charge in [0.05, 0.1) is 7.11 Å². The molecule has 0 radical (unpaired) electrons. The average molecular weight is 295 g/mol. The standard InChI is InChI=1S/C16H26FN3O/c1-16(2,20-9-4-5-10-20)14(19-18)11-12-7-6-8-13(21-3)15(12)17/h6-8,14,19H,4-5,9-11,18H2,1-3H3. The number of halogens is 1. The summed E-state index contributed by atoms with van der Waals surface area (Å²) in [6, 6.07) is 5.21. The molecule has 4 nitrogen and oxygen atoms in total. The summed E-state index contributed by atoms with van der Waals surface area (Å²) >= 11 is 0. The van der Waals surface area contributed by atoms with Crippen molar-refractivity contribution in [3.05, 3.63) is 29.6 Å². The Bertz CT molecular complexity index is 473. The molecule has 0 amide bonds. The van der Waals surface area contributed by atoms with Gasteiger partial charge in [0.1, 0.15) is 0 Å². The van der Waals surface area contributed by atoms with Crippen molar-refractivity contribution in [3.8, 4) is 5.75 Å². The number of likely N-dealkylation sites (tertiary alicyclic amines) is 1. The molecule has 1 fully saturated rings. The van der Waals surface area contributed by atoms with E-state index in [-0.39, 0.29) is 23.1 Å². The first kappa shape index (κ1) is 16.2. The van der Waals surface area contributed by atoms with Gasteiger partial charge in [0, 0.05) is 11.6 Å². The molecular formula is C16H26FN3O. The molecule has 1 saturated heterocycles. The summed E-state index contributed by atoms with van der Waals surface area (Å²) in [5, 5.41) is 0. The lowest BCUT2D eigenvalue weighted by molar-refractivity contribution is 0.106. The molecule has 21 heavy (non-hydrogen) atoms. The lowest BCUT2D eigenvalue weighted by atomic mass is 9.88. The molecule has 5 heteroatoms. The van der Waals surface area contributed by atoms with E-state index in [1.54, 1.807) is 12.1 Å². The van der Waals surface area contributed by atoms with Gasteiger partial charge in [-0.2, -0.15) is 0 Å². The topological polar surface area (TPSA) is 50.5 Å². The van der Waals surface area contributed by atoms with Crippen LogP contribution in [0.3, 0.4) is 0 Å². The summed E-state index contributed by atoms with van der Waals surface area (Å²) in [4.78, 5) is 2.43. The number of nitrogens with one attached hydrogen (secondary N) is 1. The van der Waals surface area contributed by atoms with Crippen LogP contribution in [0.2, 0.25) is 0 Å². The Morgan fingerprint density at radius 2 is 2.05 bits per heavy atom. The Kier molecular flexibility index (Phi) is 5.19. The van der Waals surface area contributed by atoms with Gasteiger partial charge in [-0.15, -0.1) is 0 Å². The zero-order valence-corrected chi connectivity index (χ0v) is 13.2. The number of ether oxygens (including phenoxy) is 1. The average Bonchev–Trinajstić information content (AvgIpc) is 3.01. The van der Waals surface area contributed by atoms with E-state index in [1.165, 1.54) is 20.0 Å². The Morgan fingerprint density at radius 1 is 1.38 bits per heavy atom. The number of rotatable bonds is 6. The number of nitrogens with zero attached hydrogens (tertiary/aromatic N) is 1. The van der Waals surface area contributed by atoms with Gasteiger partial charge in [0.2, 0.25) is 0 Å². The highest BCUT2D eigenvalue weighted by molar-refractivity contribution is 5.32. The Balaban J connectivity index is 2.19. The Labute approximate surface area is 126 Å². The van der Waals surface area contributed by atoms with Gasteiger partial charge in [-0.1, -0.05) is 12.1 Å². The number of methoxy groups -OCH3 is 1. The highest BCUT2D eigenvalue weighted by Gasteiger charge is 2.36. The predicted molar refractivity (Wildman–Crippen MR) is 82.7 cm³/mol. The van der Waals surface area contributed by atoms with Crippen LogP contribution in [0, 0.1) is 5.82 Å². The lowest BCUT2D eigenvalue weighted by Crippen LogP contribution is -2.59. The van der Waals surface area contributed by atoms with Crippen LogP contribution in [0.5, 0.6) is 5.75 Å². The van der Waals surface area contributed by atoms with Gasteiger partial charge in [0.25, 0.3) is 0 Å². The van der Waals surface area contributed by atoms with Crippen molar-refractivity contribution in [1.82, 2.24) is 10.3 Å². The van der Waals surface area contributed by atoms with Gasteiger partial charge < -0.3 is 4.74 Å². The van der Waals surface area contributed by atoms with Crippen LogP contribution in [0.15, 0.2) is 18.2 Å². The van der Waals surface area contributed by atoms with Gasteiger partial charge in [-0.3, -0.25) is 16.2 Å². The minimum absolute atomic E-state index is 0.0304. The summed E-state index contributed by atoms with van der Waals surface area (Å²) < 4.78 is 19.4. The second-order valence-electron chi connectivity index (χ2n) is 6.20. The molecule has 1 aromatic carbocycles. The fourth-order valence-corrected chi connectivity index (χ4v) is 3.12. The second-order valence-corrected chi connectivity index (χ2v) is 6.20. The van der Waals surface area contributed by atoms with Crippen LogP contribution in [-0.4, -0.2) is 36.7 Å². The van der Waals surface area contributed by atoms with Crippen molar-refractivity contribution >= 4 is 0 Å². The van der Waals surface area contributed by atoms with E-state index < -0.39 is 0 Å². The summed E-state index contributed by atoms with van der Waals surface area (Å²) in [5.41, 5.74) is 3.39. The molecule has 1 atom stereocenters. The van der Waals surface area contributed by atoms with Gasteiger partial charge in [0.15, 0.2) is 11.6 Å². The molecule has 1 aromatic rings. The fraction of sp³-hybridized carbons (Fsp3) is 0.625. The smallest absolute Gasteiger partial charge is 0.168 e. The third-order valence-corrected chi connectivity index (χ3v) is 4.66. The number of hydrogen-bond acceptors (Lipinski definition) is 4. The third kappa shape index (κ3) is 3.36. The minimum atomic E-state index is -0.294. The van der Waals surface area contributed by atoms with E-state index in [0.29, 0.717) is 12.0 Å². The SMILES string of the molecule is COc1cccc(CC(NN)C(C)(C)N2CCCC2)c1F. The molecule has 0 bridgehead atoms. The first-order valence-electron chi connectivity index (χ1n) is 7.53. The quantitative estimate of drug-likeness (QED) is 0.623. The summed E-state index contributed by atoms with van der Waals surface area (Å²) in [6.45, 7) is 6.49. The van der Waals surface area contributed by atoms with Crippen molar-refractivity contribution in [3.63, 3.8) is 0 Å². The number of benzene rings is 1. The second kappa shape index (κ2) is 6.73. The van der Waals surface area contributed by atoms with Crippen LogP contribution in [0.25, 0.3) is 0 Å². The van der Waals surface area contributed by atoms with E-state index in [0.717, 1.165) is 13.1 Å². The first-order chi connectivity index (χ1) is 10.0.